The lowest BCUT2D eigenvalue weighted by Crippen LogP contribution is -2.26. The fraction of sp³-hybridized carbons (Fsp3) is 0.583. The van der Waals surface area contributed by atoms with Crippen molar-refractivity contribution in [3.63, 3.8) is 0 Å². The smallest absolute Gasteiger partial charge is 0.380 e. The molecule has 1 aromatic rings. The summed E-state index contributed by atoms with van der Waals surface area (Å²) in [5.41, 5.74) is -0.184. The van der Waals surface area contributed by atoms with E-state index in [4.69, 9.17) is 4.74 Å². The van der Waals surface area contributed by atoms with Crippen molar-refractivity contribution in [2.75, 3.05) is 19.8 Å². The van der Waals surface area contributed by atoms with E-state index < -0.39 is 11.7 Å². The van der Waals surface area contributed by atoms with E-state index in [9.17, 15) is 13.2 Å². The summed E-state index contributed by atoms with van der Waals surface area (Å²) in [5, 5.41) is 3.12. The Hall–Kier alpha value is -1.14. The van der Waals surface area contributed by atoms with Crippen LogP contribution in [0.5, 0.6) is 0 Å². The van der Waals surface area contributed by atoms with Crippen LogP contribution in [0.25, 0.3) is 0 Å². The zero-order valence-electron chi connectivity index (χ0n) is 10.4. The Balaban J connectivity index is 2.79. The maximum atomic E-state index is 12.4. The van der Waals surface area contributed by atoms with Crippen LogP contribution in [0.3, 0.4) is 0 Å². The molecule has 3 nitrogen and oxygen atoms in total. The molecule has 1 rings (SSSR count). The molecule has 0 saturated heterocycles. The molecule has 1 N–H and O–H groups in total. The molecule has 0 radical (unpaired) electrons. The molecule has 0 spiro atoms. The van der Waals surface area contributed by atoms with Gasteiger partial charge in [-0.1, -0.05) is 6.92 Å². The van der Waals surface area contributed by atoms with Gasteiger partial charge in [0.1, 0.15) is 0 Å². The number of likely N-dealkylation sites (N-methyl/N-ethyl adjacent to an activating group) is 1. The van der Waals surface area contributed by atoms with Gasteiger partial charge in [0.15, 0.2) is 0 Å². The molecule has 0 fully saturated rings. The van der Waals surface area contributed by atoms with E-state index in [0.29, 0.717) is 25.5 Å². The van der Waals surface area contributed by atoms with Gasteiger partial charge in [0, 0.05) is 12.8 Å². The number of rotatable bonds is 6. The molecule has 102 valence electrons. The van der Waals surface area contributed by atoms with Crippen LogP contribution in [0.15, 0.2) is 18.3 Å². The predicted molar refractivity (Wildman–Crippen MR) is 62.1 cm³/mol. The Labute approximate surface area is 104 Å². The summed E-state index contributed by atoms with van der Waals surface area (Å²) < 4.78 is 42.4. The van der Waals surface area contributed by atoms with Crippen LogP contribution < -0.4 is 5.32 Å². The monoisotopic (exact) mass is 262 g/mol. The highest BCUT2D eigenvalue weighted by molar-refractivity contribution is 5.19. The van der Waals surface area contributed by atoms with Crippen LogP contribution in [0.4, 0.5) is 13.2 Å². The molecule has 0 aliphatic carbocycles. The van der Waals surface area contributed by atoms with Crippen LogP contribution in [0.2, 0.25) is 0 Å². The van der Waals surface area contributed by atoms with Crippen molar-refractivity contribution in [3.8, 4) is 0 Å². The number of aromatic nitrogens is 1. The number of alkyl halides is 3. The molecule has 1 unspecified atom stereocenters. The first-order chi connectivity index (χ1) is 8.49. The third-order valence-corrected chi connectivity index (χ3v) is 2.41. The van der Waals surface area contributed by atoms with Crippen molar-refractivity contribution < 1.29 is 17.9 Å². The fourth-order valence-electron chi connectivity index (χ4n) is 1.51. The molecule has 1 heterocycles. The number of halogens is 3. The van der Waals surface area contributed by atoms with Crippen molar-refractivity contribution >= 4 is 0 Å². The van der Waals surface area contributed by atoms with Crippen molar-refractivity contribution in [1.29, 1.82) is 0 Å². The van der Waals surface area contributed by atoms with E-state index in [1.165, 1.54) is 6.07 Å². The van der Waals surface area contributed by atoms with Gasteiger partial charge in [-0.25, -0.2) is 0 Å². The van der Waals surface area contributed by atoms with Gasteiger partial charge in [0.05, 0.1) is 23.9 Å². The van der Waals surface area contributed by atoms with E-state index in [1.54, 1.807) is 0 Å². The average Bonchev–Trinajstić information content (AvgIpc) is 2.33. The second-order valence-electron chi connectivity index (χ2n) is 3.74. The van der Waals surface area contributed by atoms with Crippen LogP contribution in [0, 0.1) is 0 Å². The highest BCUT2D eigenvalue weighted by Crippen LogP contribution is 2.28. The lowest BCUT2D eigenvalue weighted by Gasteiger charge is -2.17. The fourth-order valence-corrected chi connectivity index (χ4v) is 1.51. The van der Waals surface area contributed by atoms with Crippen LogP contribution in [0.1, 0.15) is 31.1 Å². The molecule has 0 aromatic carbocycles. The molecule has 1 aromatic heterocycles. The van der Waals surface area contributed by atoms with Crippen LogP contribution in [-0.2, 0) is 10.9 Å². The summed E-state index contributed by atoms with van der Waals surface area (Å²) in [5.74, 6) is 0. The topological polar surface area (TPSA) is 34.1 Å². The Morgan fingerprint density at radius 1 is 1.33 bits per heavy atom. The number of pyridine rings is 1. The summed E-state index contributed by atoms with van der Waals surface area (Å²) in [6.45, 7) is 5.43. The summed E-state index contributed by atoms with van der Waals surface area (Å²) in [6, 6.07) is 2.24. The van der Waals surface area contributed by atoms with Crippen molar-refractivity contribution in [1.82, 2.24) is 10.3 Å². The Morgan fingerprint density at radius 3 is 2.50 bits per heavy atom. The standard InChI is InChI=1S/C12H17F3N2O/c1-3-16-11(8-18-4-2)10-6-5-9(7-17-10)12(13,14)15/h5-7,11,16H,3-4,8H2,1-2H3. The maximum Gasteiger partial charge on any atom is 0.417 e. The number of hydrogen-bond acceptors (Lipinski definition) is 3. The number of ether oxygens (including phenoxy) is 1. The Bertz CT molecular complexity index is 351. The molecule has 0 aliphatic heterocycles. The van der Waals surface area contributed by atoms with Crippen LogP contribution >= 0.6 is 0 Å². The highest BCUT2D eigenvalue weighted by Gasteiger charge is 2.30. The molecule has 18 heavy (non-hydrogen) atoms. The Kier molecular flexibility index (Phi) is 5.55. The van der Waals surface area contributed by atoms with Gasteiger partial charge in [0.25, 0.3) is 0 Å². The summed E-state index contributed by atoms with van der Waals surface area (Å²) in [4.78, 5) is 3.85. The zero-order chi connectivity index (χ0) is 13.6. The third-order valence-electron chi connectivity index (χ3n) is 2.41. The minimum Gasteiger partial charge on any atom is -0.380 e. The molecule has 0 saturated carbocycles. The largest absolute Gasteiger partial charge is 0.417 e. The van der Waals surface area contributed by atoms with E-state index in [2.05, 4.69) is 10.3 Å². The van der Waals surface area contributed by atoms with Crippen molar-refractivity contribution in [2.24, 2.45) is 0 Å². The summed E-state index contributed by atoms with van der Waals surface area (Å²) in [7, 11) is 0. The summed E-state index contributed by atoms with van der Waals surface area (Å²) >= 11 is 0. The molecule has 0 bridgehead atoms. The quantitative estimate of drug-likeness (QED) is 0.856. The van der Waals surface area contributed by atoms with Gasteiger partial charge in [-0.2, -0.15) is 13.2 Å². The van der Waals surface area contributed by atoms with Gasteiger partial charge >= 0.3 is 6.18 Å². The SMILES string of the molecule is CCNC(COCC)c1ccc(C(F)(F)F)cn1. The first-order valence-corrected chi connectivity index (χ1v) is 5.83. The number of nitrogens with zero attached hydrogens (tertiary/aromatic N) is 1. The molecule has 1 atom stereocenters. The molecular weight excluding hydrogens is 245 g/mol. The normalized spacial score (nSPS) is 13.6. The first-order valence-electron chi connectivity index (χ1n) is 5.83. The van der Waals surface area contributed by atoms with Gasteiger partial charge in [-0.05, 0) is 25.6 Å². The minimum atomic E-state index is -4.35. The van der Waals surface area contributed by atoms with E-state index in [0.717, 1.165) is 12.3 Å². The van der Waals surface area contributed by atoms with E-state index in [1.807, 2.05) is 13.8 Å². The zero-order valence-corrected chi connectivity index (χ0v) is 10.4. The third kappa shape index (κ3) is 4.27. The molecule has 0 amide bonds. The second kappa shape index (κ2) is 6.70. The Morgan fingerprint density at radius 2 is 2.06 bits per heavy atom. The second-order valence-corrected chi connectivity index (χ2v) is 3.74. The van der Waals surface area contributed by atoms with E-state index >= 15 is 0 Å². The average molecular weight is 262 g/mol. The lowest BCUT2D eigenvalue weighted by molar-refractivity contribution is -0.137. The first kappa shape index (κ1) is 14.9. The lowest BCUT2D eigenvalue weighted by atomic mass is 10.1. The molecule has 0 aliphatic rings. The van der Waals surface area contributed by atoms with Gasteiger partial charge in [-0.15, -0.1) is 0 Å². The maximum absolute atomic E-state index is 12.4. The van der Waals surface area contributed by atoms with Gasteiger partial charge in [0.2, 0.25) is 0 Å². The molecular formula is C12H17F3N2O. The number of nitrogens with one attached hydrogen (secondary N) is 1. The van der Waals surface area contributed by atoms with Crippen molar-refractivity contribution in [3.05, 3.63) is 29.6 Å². The predicted octanol–water partition coefficient (Wildman–Crippen LogP) is 2.79. The molecule has 6 heteroatoms. The van der Waals surface area contributed by atoms with Crippen LogP contribution in [-0.4, -0.2) is 24.7 Å². The van der Waals surface area contributed by atoms with Gasteiger partial charge in [-0.3, -0.25) is 4.98 Å². The highest BCUT2D eigenvalue weighted by atomic mass is 19.4. The van der Waals surface area contributed by atoms with E-state index in [-0.39, 0.29) is 6.04 Å². The minimum absolute atomic E-state index is 0.183. The van der Waals surface area contributed by atoms with Crippen molar-refractivity contribution in [2.45, 2.75) is 26.1 Å². The summed E-state index contributed by atoms with van der Waals surface area (Å²) in [6.07, 6.45) is -3.50. The number of hydrogen-bond donors (Lipinski definition) is 1. The van der Waals surface area contributed by atoms with Gasteiger partial charge < -0.3 is 10.1 Å².